The molecule has 0 saturated carbocycles. The maximum absolute atomic E-state index is 12.2. The lowest BCUT2D eigenvalue weighted by molar-refractivity contribution is 0.0322. The molecular weight excluding hydrogens is 508 g/mol. The molecule has 2 aromatic carbocycles. The van der Waals surface area contributed by atoms with E-state index in [9.17, 15) is 4.79 Å². The lowest BCUT2D eigenvalue weighted by Gasteiger charge is -2.26. The molecule has 2 saturated heterocycles. The average molecular weight is 543 g/mol. The molecule has 0 aliphatic carbocycles. The Bertz CT molecular complexity index is 1400. The smallest absolute Gasteiger partial charge is 0.249 e. The quantitative estimate of drug-likeness (QED) is 0.363. The Labute approximate surface area is 233 Å². The van der Waals surface area contributed by atoms with Crippen molar-refractivity contribution in [2.75, 3.05) is 65.8 Å². The summed E-state index contributed by atoms with van der Waals surface area (Å²) < 4.78 is 16.5. The number of hydrogen-bond acceptors (Lipinski definition) is 9. The molecule has 10 heteroatoms. The van der Waals surface area contributed by atoms with E-state index in [2.05, 4.69) is 15.2 Å². The summed E-state index contributed by atoms with van der Waals surface area (Å²) >= 11 is 0. The first-order valence-electron chi connectivity index (χ1n) is 13.5. The molecule has 1 amide bonds. The van der Waals surface area contributed by atoms with Gasteiger partial charge in [0.25, 0.3) is 0 Å². The van der Waals surface area contributed by atoms with Gasteiger partial charge in [0.2, 0.25) is 5.91 Å². The summed E-state index contributed by atoms with van der Waals surface area (Å²) in [6, 6.07) is 16.7. The van der Waals surface area contributed by atoms with Crippen LogP contribution in [0.5, 0.6) is 5.75 Å². The van der Waals surface area contributed by atoms with Crippen molar-refractivity contribution in [1.82, 2.24) is 25.2 Å². The summed E-state index contributed by atoms with van der Waals surface area (Å²) in [7, 11) is 0. The molecule has 208 valence electrons. The van der Waals surface area contributed by atoms with Crippen molar-refractivity contribution < 1.29 is 19.0 Å². The maximum Gasteiger partial charge on any atom is 0.249 e. The highest BCUT2D eigenvalue weighted by Crippen LogP contribution is 2.33. The number of carbonyl (C=O) groups excluding carboxylic acids is 1. The number of ether oxygens (including phenoxy) is 3. The van der Waals surface area contributed by atoms with Crippen LogP contribution in [0.25, 0.3) is 33.5 Å². The van der Waals surface area contributed by atoms with E-state index >= 15 is 0 Å². The van der Waals surface area contributed by atoms with E-state index in [4.69, 9.17) is 29.9 Å². The van der Waals surface area contributed by atoms with Gasteiger partial charge < -0.3 is 25.3 Å². The van der Waals surface area contributed by atoms with Crippen molar-refractivity contribution >= 4 is 16.8 Å². The second-order valence-corrected chi connectivity index (χ2v) is 9.39. The van der Waals surface area contributed by atoms with Crippen molar-refractivity contribution in [2.45, 2.75) is 0 Å². The number of morpholine rings is 2. The van der Waals surface area contributed by atoms with Crippen LogP contribution in [0.15, 0.2) is 67.0 Å². The van der Waals surface area contributed by atoms with E-state index in [0.717, 1.165) is 81.4 Å². The van der Waals surface area contributed by atoms with Crippen LogP contribution in [0.2, 0.25) is 0 Å². The van der Waals surface area contributed by atoms with Crippen molar-refractivity contribution in [2.24, 2.45) is 5.73 Å². The standard InChI is InChI=1S/C26H25N5O3.C4H9NO/c27-25(32)21-6-2-1-5-20(21)24-22-16-19(34-15-12-31-10-13-33-14-11-31)7-8-23(22)29-26(30-24)18-4-3-9-28-17-18;1-3-6-4-2-5-1/h1-9,16-17H,10-15H2,(H2,27,32);5H,1-4H2. The number of nitrogens with two attached hydrogens (primary N) is 1. The molecule has 2 aromatic heterocycles. The Morgan fingerprint density at radius 1 is 0.975 bits per heavy atom. The number of carbonyl (C=O) groups is 1. The topological polar surface area (TPSA) is 125 Å². The van der Waals surface area contributed by atoms with Crippen LogP contribution in [-0.2, 0) is 9.47 Å². The number of nitrogens with one attached hydrogen (secondary N) is 1. The van der Waals surface area contributed by atoms with Crippen LogP contribution < -0.4 is 15.8 Å². The number of primary amides is 1. The minimum absolute atomic E-state index is 0.401. The van der Waals surface area contributed by atoms with Crippen LogP contribution in [0.3, 0.4) is 0 Å². The molecule has 0 bridgehead atoms. The van der Waals surface area contributed by atoms with Gasteiger partial charge in [0.1, 0.15) is 12.4 Å². The minimum Gasteiger partial charge on any atom is -0.492 e. The van der Waals surface area contributed by atoms with Gasteiger partial charge in [-0.15, -0.1) is 0 Å². The van der Waals surface area contributed by atoms with Crippen LogP contribution in [-0.4, -0.2) is 91.5 Å². The zero-order valence-corrected chi connectivity index (χ0v) is 22.4. The molecule has 2 aliphatic rings. The number of benzene rings is 2. The normalized spacial score (nSPS) is 15.7. The summed E-state index contributed by atoms with van der Waals surface area (Å²) in [4.78, 5) is 28.3. The fourth-order valence-electron chi connectivity index (χ4n) is 4.56. The highest BCUT2D eigenvalue weighted by molar-refractivity contribution is 6.04. The zero-order valence-electron chi connectivity index (χ0n) is 22.4. The molecular formula is C30H34N6O4. The molecule has 10 nitrogen and oxygen atoms in total. The molecule has 6 rings (SSSR count). The van der Waals surface area contributed by atoms with Crippen LogP contribution in [0.1, 0.15) is 10.4 Å². The third kappa shape index (κ3) is 7.16. The second-order valence-electron chi connectivity index (χ2n) is 9.39. The van der Waals surface area contributed by atoms with E-state index in [1.54, 1.807) is 24.5 Å². The van der Waals surface area contributed by atoms with E-state index in [-0.39, 0.29) is 0 Å². The number of nitrogens with zero attached hydrogens (tertiary/aromatic N) is 4. The van der Waals surface area contributed by atoms with Gasteiger partial charge in [0.15, 0.2) is 5.82 Å². The molecule has 3 N–H and O–H groups in total. The Kier molecular flexibility index (Phi) is 9.59. The van der Waals surface area contributed by atoms with Gasteiger partial charge in [-0.25, -0.2) is 9.97 Å². The third-order valence-corrected chi connectivity index (χ3v) is 6.66. The van der Waals surface area contributed by atoms with Crippen molar-refractivity contribution in [3.8, 4) is 28.4 Å². The summed E-state index contributed by atoms with van der Waals surface area (Å²) in [6.07, 6.45) is 3.42. The van der Waals surface area contributed by atoms with Gasteiger partial charge in [-0.1, -0.05) is 18.2 Å². The first kappa shape index (κ1) is 27.6. The average Bonchev–Trinajstić information content (AvgIpc) is 3.02. The molecule has 2 aliphatic heterocycles. The summed E-state index contributed by atoms with van der Waals surface area (Å²) in [5, 5.41) is 3.94. The Hall–Kier alpha value is -3.96. The van der Waals surface area contributed by atoms with Crippen molar-refractivity contribution in [3.63, 3.8) is 0 Å². The molecule has 0 atom stereocenters. The fourth-order valence-corrected chi connectivity index (χ4v) is 4.56. The highest BCUT2D eigenvalue weighted by Gasteiger charge is 2.17. The Morgan fingerprint density at radius 3 is 2.48 bits per heavy atom. The highest BCUT2D eigenvalue weighted by atomic mass is 16.5. The number of aromatic nitrogens is 3. The number of rotatable bonds is 7. The van der Waals surface area contributed by atoms with E-state index in [1.807, 2.05) is 42.5 Å². The van der Waals surface area contributed by atoms with Crippen molar-refractivity contribution in [3.05, 3.63) is 72.6 Å². The summed E-state index contributed by atoms with van der Waals surface area (Å²) in [5.41, 5.74) is 8.88. The van der Waals surface area contributed by atoms with E-state index in [0.29, 0.717) is 29.3 Å². The molecule has 4 heterocycles. The monoisotopic (exact) mass is 542 g/mol. The SMILES string of the molecule is C1COCCN1.NC(=O)c1ccccc1-c1nc(-c2cccnc2)nc2ccc(OCCN3CCOCC3)cc12. The zero-order chi connectivity index (χ0) is 27.6. The Morgan fingerprint density at radius 2 is 1.77 bits per heavy atom. The minimum atomic E-state index is -0.511. The largest absolute Gasteiger partial charge is 0.492 e. The molecule has 2 fully saturated rings. The predicted octanol–water partition coefficient (Wildman–Crippen LogP) is 2.77. The molecule has 40 heavy (non-hydrogen) atoms. The van der Waals surface area contributed by atoms with E-state index in [1.165, 1.54) is 0 Å². The van der Waals surface area contributed by atoms with Gasteiger partial charge in [-0.05, 0) is 36.4 Å². The summed E-state index contributed by atoms with van der Waals surface area (Å²) in [6.45, 7) is 8.58. The van der Waals surface area contributed by atoms with E-state index < -0.39 is 5.91 Å². The lowest BCUT2D eigenvalue weighted by Crippen LogP contribution is -2.38. The number of hydrogen-bond donors (Lipinski definition) is 2. The van der Waals surface area contributed by atoms with Crippen LogP contribution in [0, 0.1) is 0 Å². The molecule has 4 aromatic rings. The van der Waals surface area contributed by atoms with Gasteiger partial charge in [0, 0.05) is 67.2 Å². The van der Waals surface area contributed by atoms with Crippen molar-refractivity contribution in [1.29, 1.82) is 0 Å². The number of pyridine rings is 1. The first-order chi connectivity index (χ1) is 19.7. The van der Waals surface area contributed by atoms with Gasteiger partial charge >= 0.3 is 0 Å². The van der Waals surface area contributed by atoms with Gasteiger partial charge in [-0.3, -0.25) is 14.7 Å². The predicted molar refractivity (Wildman–Crippen MR) is 153 cm³/mol. The maximum atomic E-state index is 12.2. The van der Waals surface area contributed by atoms with Gasteiger partial charge in [-0.2, -0.15) is 0 Å². The Balaban J connectivity index is 0.000000477. The second kappa shape index (κ2) is 13.9. The first-order valence-corrected chi connectivity index (χ1v) is 13.5. The molecule has 0 unspecified atom stereocenters. The fraction of sp³-hybridized carbons (Fsp3) is 0.333. The lowest BCUT2D eigenvalue weighted by atomic mass is 10.00. The third-order valence-electron chi connectivity index (χ3n) is 6.66. The number of amides is 1. The number of fused-ring (bicyclic) bond motifs is 1. The van der Waals surface area contributed by atoms with Gasteiger partial charge in [0.05, 0.1) is 37.6 Å². The molecule has 0 spiro atoms. The van der Waals surface area contributed by atoms with Crippen LogP contribution >= 0.6 is 0 Å². The van der Waals surface area contributed by atoms with Crippen LogP contribution in [0.4, 0.5) is 0 Å². The summed E-state index contributed by atoms with van der Waals surface area (Å²) in [5.74, 6) is 0.732. The molecule has 0 radical (unpaired) electrons.